The van der Waals surface area contributed by atoms with Crippen LogP contribution in [0.25, 0.3) is 17.3 Å². The van der Waals surface area contributed by atoms with Gasteiger partial charge in [-0.2, -0.15) is 0 Å². The van der Waals surface area contributed by atoms with Gasteiger partial charge < -0.3 is 14.4 Å². The Bertz CT molecular complexity index is 1010. The van der Waals surface area contributed by atoms with Crippen LogP contribution in [-0.2, 0) is 4.79 Å². The second-order valence-electron chi connectivity index (χ2n) is 6.41. The van der Waals surface area contributed by atoms with Crippen molar-refractivity contribution in [1.29, 1.82) is 0 Å². The molecule has 0 spiro atoms. The number of carbonyl (C=O) groups is 1. The number of anilines is 2. The normalized spacial score (nSPS) is 10.8. The lowest BCUT2D eigenvalue weighted by molar-refractivity contribution is -0.111. The molecule has 150 valence electrons. The standard InChI is InChI=1S/C22H23N3O3S/c1-25(2)16-8-5-15(6-9-16)7-12-21(26)24-22-23-19(14-29-22)18-11-10-17(27-3)13-20(18)28-4/h5-14H,1-4H3,(H,23,24,26)/b12-7+. The highest BCUT2D eigenvalue weighted by molar-refractivity contribution is 7.14. The van der Waals surface area contributed by atoms with Crippen molar-refractivity contribution in [2.24, 2.45) is 0 Å². The van der Waals surface area contributed by atoms with Crippen molar-refractivity contribution in [3.8, 4) is 22.8 Å². The summed E-state index contributed by atoms with van der Waals surface area (Å²) >= 11 is 1.36. The van der Waals surface area contributed by atoms with Gasteiger partial charge in [-0.3, -0.25) is 10.1 Å². The van der Waals surface area contributed by atoms with Crippen LogP contribution in [0.4, 0.5) is 10.8 Å². The number of amides is 1. The highest BCUT2D eigenvalue weighted by Gasteiger charge is 2.12. The van der Waals surface area contributed by atoms with Gasteiger partial charge in [0.25, 0.3) is 0 Å². The number of methoxy groups -OCH3 is 2. The molecule has 1 N–H and O–H groups in total. The SMILES string of the molecule is COc1ccc(-c2csc(NC(=O)/C=C/c3ccc(N(C)C)cc3)n2)c(OC)c1. The van der Waals surface area contributed by atoms with E-state index in [9.17, 15) is 4.79 Å². The number of hydrogen-bond donors (Lipinski definition) is 1. The van der Waals surface area contributed by atoms with Crippen LogP contribution >= 0.6 is 11.3 Å². The summed E-state index contributed by atoms with van der Waals surface area (Å²) in [5.41, 5.74) is 3.62. The summed E-state index contributed by atoms with van der Waals surface area (Å²) in [4.78, 5) is 18.8. The lowest BCUT2D eigenvalue weighted by Crippen LogP contribution is -2.08. The second kappa shape index (κ2) is 9.25. The summed E-state index contributed by atoms with van der Waals surface area (Å²) < 4.78 is 10.6. The van der Waals surface area contributed by atoms with Crippen molar-refractivity contribution in [1.82, 2.24) is 4.98 Å². The van der Waals surface area contributed by atoms with Gasteiger partial charge in [0.2, 0.25) is 5.91 Å². The first-order chi connectivity index (χ1) is 14.0. The molecule has 3 rings (SSSR count). The fourth-order valence-electron chi connectivity index (χ4n) is 2.67. The number of rotatable bonds is 7. The van der Waals surface area contributed by atoms with Gasteiger partial charge in [0, 0.05) is 42.9 Å². The van der Waals surface area contributed by atoms with Gasteiger partial charge in [-0.25, -0.2) is 4.98 Å². The number of aromatic nitrogens is 1. The summed E-state index contributed by atoms with van der Waals surface area (Å²) in [5.74, 6) is 1.14. The molecule has 0 unspecified atom stereocenters. The van der Waals surface area contributed by atoms with Crippen LogP contribution < -0.4 is 19.7 Å². The number of nitrogens with one attached hydrogen (secondary N) is 1. The number of ether oxygens (including phenoxy) is 2. The molecule has 0 bridgehead atoms. The maximum Gasteiger partial charge on any atom is 0.250 e. The number of carbonyl (C=O) groups excluding carboxylic acids is 1. The molecule has 2 aromatic carbocycles. The minimum atomic E-state index is -0.232. The van der Waals surface area contributed by atoms with Crippen LogP contribution in [0.2, 0.25) is 0 Å². The first-order valence-electron chi connectivity index (χ1n) is 8.94. The van der Waals surface area contributed by atoms with Crippen LogP contribution in [0.15, 0.2) is 53.9 Å². The lowest BCUT2D eigenvalue weighted by Gasteiger charge is -2.11. The number of nitrogens with zero attached hydrogens (tertiary/aromatic N) is 2. The molecule has 1 heterocycles. The maximum atomic E-state index is 12.2. The van der Waals surface area contributed by atoms with Crippen molar-refractivity contribution in [3.05, 3.63) is 59.5 Å². The Hall–Kier alpha value is -3.32. The van der Waals surface area contributed by atoms with E-state index in [1.54, 1.807) is 26.4 Å². The van der Waals surface area contributed by atoms with Crippen molar-refractivity contribution < 1.29 is 14.3 Å². The molecule has 0 aliphatic rings. The predicted octanol–water partition coefficient (Wildman–Crippen LogP) is 4.55. The van der Waals surface area contributed by atoms with E-state index in [0.717, 1.165) is 22.5 Å². The molecule has 1 aromatic heterocycles. The minimum Gasteiger partial charge on any atom is -0.497 e. The summed E-state index contributed by atoms with van der Waals surface area (Å²) in [6.45, 7) is 0. The second-order valence-corrected chi connectivity index (χ2v) is 7.27. The van der Waals surface area contributed by atoms with Gasteiger partial charge in [-0.1, -0.05) is 12.1 Å². The number of hydrogen-bond acceptors (Lipinski definition) is 6. The molecule has 7 heteroatoms. The molecule has 0 saturated heterocycles. The van der Waals surface area contributed by atoms with Gasteiger partial charge in [0.1, 0.15) is 11.5 Å². The Kier molecular flexibility index (Phi) is 6.51. The highest BCUT2D eigenvalue weighted by Crippen LogP contribution is 2.34. The molecular formula is C22H23N3O3S. The van der Waals surface area contributed by atoms with E-state index in [1.807, 2.05) is 60.8 Å². The van der Waals surface area contributed by atoms with E-state index in [2.05, 4.69) is 10.3 Å². The molecule has 0 saturated carbocycles. The van der Waals surface area contributed by atoms with E-state index in [1.165, 1.54) is 17.4 Å². The zero-order chi connectivity index (χ0) is 20.8. The zero-order valence-electron chi connectivity index (χ0n) is 16.8. The molecule has 0 fully saturated rings. The van der Waals surface area contributed by atoms with Crippen LogP contribution in [-0.4, -0.2) is 39.2 Å². The third-order valence-electron chi connectivity index (χ3n) is 4.26. The molecule has 1 amide bonds. The highest BCUT2D eigenvalue weighted by atomic mass is 32.1. The fraction of sp³-hybridized carbons (Fsp3) is 0.182. The third kappa shape index (κ3) is 5.14. The predicted molar refractivity (Wildman–Crippen MR) is 119 cm³/mol. The van der Waals surface area contributed by atoms with Crippen molar-refractivity contribution in [2.75, 3.05) is 38.5 Å². The summed E-state index contributed by atoms with van der Waals surface area (Å²) in [5, 5.41) is 5.20. The van der Waals surface area contributed by atoms with E-state index in [-0.39, 0.29) is 5.91 Å². The zero-order valence-corrected chi connectivity index (χ0v) is 17.6. The minimum absolute atomic E-state index is 0.232. The monoisotopic (exact) mass is 409 g/mol. The van der Waals surface area contributed by atoms with Gasteiger partial charge in [-0.05, 0) is 35.9 Å². The third-order valence-corrected chi connectivity index (χ3v) is 5.01. The Morgan fingerprint density at radius 1 is 1.10 bits per heavy atom. The molecule has 0 aliphatic carbocycles. The molecule has 0 radical (unpaired) electrons. The smallest absolute Gasteiger partial charge is 0.250 e. The molecule has 29 heavy (non-hydrogen) atoms. The lowest BCUT2D eigenvalue weighted by atomic mass is 10.1. The first kappa shape index (κ1) is 20.4. The topological polar surface area (TPSA) is 63.7 Å². The Labute approximate surface area is 174 Å². The molecule has 6 nitrogen and oxygen atoms in total. The Balaban J connectivity index is 1.67. The number of benzene rings is 2. The van der Waals surface area contributed by atoms with Crippen LogP contribution in [0.1, 0.15) is 5.56 Å². The average Bonchev–Trinajstić information content (AvgIpc) is 3.20. The van der Waals surface area contributed by atoms with E-state index in [0.29, 0.717) is 16.6 Å². The van der Waals surface area contributed by atoms with Crippen LogP contribution in [0, 0.1) is 0 Å². The quantitative estimate of drug-likeness (QED) is 0.580. The van der Waals surface area contributed by atoms with Gasteiger partial charge in [0.05, 0.1) is 19.9 Å². The van der Waals surface area contributed by atoms with Crippen molar-refractivity contribution in [2.45, 2.75) is 0 Å². The van der Waals surface area contributed by atoms with Gasteiger partial charge in [0.15, 0.2) is 5.13 Å². The Morgan fingerprint density at radius 3 is 2.52 bits per heavy atom. The molecular weight excluding hydrogens is 386 g/mol. The average molecular weight is 410 g/mol. The number of thiazole rings is 1. The largest absolute Gasteiger partial charge is 0.497 e. The molecule has 0 atom stereocenters. The van der Waals surface area contributed by atoms with E-state index < -0.39 is 0 Å². The van der Waals surface area contributed by atoms with Gasteiger partial charge in [-0.15, -0.1) is 11.3 Å². The van der Waals surface area contributed by atoms with Gasteiger partial charge >= 0.3 is 0 Å². The maximum absolute atomic E-state index is 12.2. The van der Waals surface area contributed by atoms with E-state index in [4.69, 9.17) is 9.47 Å². The first-order valence-corrected chi connectivity index (χ1v) is 9.82. The summed E-state index contributed by atoms with van der Waals surface area (Å²) in [6.07, 6.45) is 3.27. The molecule has 0 aliphatic heterocycles. The fourth-order valence-corrected chi connectivity index (χ4v) is 3.38. The Morgan fingerprint density at radius 2 is 1.86 bits per heavy atom. The van der Waals surface area contributed by atoms with Crippen LogP contribution in [0.5, 0.6) is 11.5 Å². The van der Waals surface area contributed by atoms with E-state index >= 15 is 0 Å². The molecule has 3 aromatic rings. The van der Waals surface area contributed by atoms with Crippen LogP contribution in [0.3, 0.4) is 0 Å². The summed E-state index contributed by atoms with van der Waals surface area (Å²) in [7, 11) is 7.18. The van der Waals surface area contributed by atoms with Crippen molar-refractivity contribution >= 4 is 34.1 Å². The summed E-state index contributed by atoms with van der Waals surface area (Å²) in [6, 6.07) is 13.5. The van der Waals surface area contributed by atoms with Crippen molar-refractivity contribution in [3.63, 3.8) is 0 Å².